The van der Waals surface area contributed by atoms with Crippen molar-refractivity contribution in [3.8, 4) is 5.75 Å². The maximum Gasteiger partial charge on any atom is 0.281 e. The van der Waals surface area contributed by atoms with Crippen LogP contribution in [0.25, 0.3) is 6.08 Å². The quantitative estimate of drug-likeness (QED) is 0.593. The van der Waals surface area contributed by atoms with Gasteiger partial charge < -0.3 is 15.8 Å². The normalized spacial score (nSPS) is 15.1. The third kappa shape index (κ3) is 4.36. The van der Waals surface area contributed by atoms with Gasteiger partial charge in [-0.3, -0.25) is 9.69 Å². The number of nitrogens with one attached hydrogen (secondary N) is 1. The molecule has 1 aromatic heterocycles. The zero-order valence-corrected chi connectivity index (χ0v) is 17.8. The van der Waals surface area contributed by atoms with Crippen molar-refractivity contribution in [2.24, 2.45) is 0 Å². The summed E-state index contributed by atoms with van der Waals surface area (Å²) in [5.41, 5.74) is 9.53. The molecular weight excluding hydrogens is 404 g/mol. The lowest BCUT2D eigenvalue weighted by atomic mass is 10.1. The van der Waals surface area contributed by atoms with Gasteiger partial charge in [0, 0.05) is 17.8 Å². The van der Waals surface area contributed by atoms with Crippen molar-refractivity contribution >= 4 is 29.6 Å². The molecule has 1 aliphatic heterocycles. The van der Waals surface area contributed by atoms with E-state index in [1.54, 1.807) is 6.07 Å². The van der Waals surface area contributed by atoms with Gasteiger partial charge in [0.1, 0.15) is 12.4 Å². The first-order chi connectivity index (χ1) is 15.7. The number of carbonyl (C=O) groups excluding carboxylic acids is 1. The molecule has 2 aromatic carbocycles. The zero-order chi connectivity index (χ0) is 21.9. The highest BCUT2D eigenvalue weighted by Gasteiger charge is 2.18. The van der Waals surface area contributed by atoms with Crippen LogP contribution in [0.3, 0.4) is 0 Å². The lowest BCUT2D eigenvalue weighted by Crippen LogP contribution is -2.25. The average Bonchev–Trinajstić information content (AvgIpc) is 3.55. The van der Waals surface area contributed by atoms with Gasteiger partial charge in [-0.05, 0) is 79.9 Å². The van der Waals surface area contributed by atoms with E-state index in [4.69, 9.17) is 10.5 Å². The number of fused-ring (bicyclic) bond motifs is 1. The highest BCUT2D eigenvalue weighted by molar-refractivity contribution is 5.97. The molecule has 0 saturated carbocycles. The van der Waals surface area contributed by atoms with E-state index in [0.29, 0.717) is 12.2 Å². The molecule has 1 fully saturated rings. The van der Waals surface area contributed by atoms with Gasteiger partial charge in [0.2, 0.25) is 11.9 Å². The molecule has 3 N–H and O–H groups in total. The molecular formula is C24H26N6O2. The van der Waals surface area contributed by atoms with Crippen LogP contribution in [0.15, 0.2) is 48.5 Å². The highest BCUT2D eigenvalue weighted by atomic mass is 16.5. The predicted molar refractivity (Wildman–Crippen MR) is 124 cm³/mol. The largest absolute Gasteiger partial charge is 0.492 e. The lowest BCUT2D eigenvalue weighted by molar-refractivity contribution is 0.0948. The number of nitrogens with two attached hydrogens (primary N) is 1. The van der Waals surface area contributed by atoms with E-state index in [-0.39, 0.29) is 17.8 Å². The minimum atomic E-state index is -0.312. The number of aromatic nitrogens is 3. The van der Waals surface area contributed by atoms with Crippen LogP contribution in [0.2, 0.25) is 0 Å². The van der Waals surface area contributed by atoms with Gasteiger partial charge >= 0.3 is 0 Å². The second-order valence-corrected chi connectivity index (χ2v) is 8.08. The fourth-order valence-electron chi connectivity index (χ4n) is 4.09. The standard InChI is InChI=1S/C24H26N6O2/c25-23-27-24(28-30(23)22(31)19-7-6-17-4-3-5-18(17)16-19)26-20-8-10-21(11-9-20)32-15-14-29-12-1-2-13-29/h3,5-11,16H,1-2,4,12-15H2,(H3,25,26,27,28). The number of hydrogen-bond donors (Lipinski definition) is 2. The maximum atomic E-state index is 12.9. The molecule has 0 radical (unpaired) electrons. The maximum absolute atomic E-state index is 12.9. The van der Waals surface area contributed by atoms with Gasteiger partial charge in [-0.1, -0.05) is 18.2 Å². The Kier molecular flexibility index (Phi) is 5.60. The van der Waals surface area contributed by atoms with Crippen LogP contribution in [0, 0.1) is 0 Å². The first-order valence-corrected chi connectivity index (χ1v) is 10.9. The topological polar surface area (TPSA) is 98.3 Å². The SMILES string of the molecule is Nc1nc(Nc2ccc(OCCN3CCCC3)cc2)nn1C(=O)c1ccc2c(c1)C=CC2. The molecule has 2 aliphatic rings. The van der Waals surface area contributed by atoms with E-state index in [1.807, 2.05) is 42.5 Å². The van der Waals surface area contributed by atoms with Crippen LogP contribution in [0.1, 0.15) is 34.3 Å². The Morgan fingerprint density at radius 3 is 2.75 bits per heavy atom. The van der Waals surface area contributed by atoms with Gasteiger partial charge in [-0.15, -0.1) is 5.10 Å². The Morgan fingerprint density at radius 1 is 1.12 bits per heavy atom. The van der Waals surface area contributed by atoms with Gasteiger partial charge in [-0.2, -0.15) is 9.67 Å². The minimum absolute atomic E-state index is 0.0374. The molecule has 3 aromatic rings. The van der Waals surface area contributed by atoms with E-state index in [1.165, 1.54) is 31.5 Å². The Morgan fingerprint density at radius 2 is 1.94 bits per heavy atom. The first kappa shape index (κ1) is 20.3. The Bertz CT molecular complexity index is 1150. The van der Waals surface area contributed by atoms with E-state index < -0.39 is 0 Å². The molecule has 0 atom stereocenters. The van der Waals surface area contributed by atoms with Crippen LogP contribution in [0.5, 0.6) is 5.75 Å². The number of nitrogens with zero attached hydrogens (tertiary/aromatic N) is 4. The van der Waals surface area contributed by atoms with Crippen molar-refractivity contribution in [1.82, 2.24) is 19.7 Å². The summed E-state index contributed by atoms with van der Waals surface area (Å²) < 4.78 is 6.96. The molecule has 0 unspecified atom stereocenters. The number of nitrogen functional groups attached to an aromatic ring is 1. The molecule has 2 heterocycles. The third-order valence-electron chi connectivity index (χ3n) is 5.84. The van der Waals surface area contributed by atoms with Crippen molar-refractivity contribution in [3.05, 3.63) is 65.2 Å². The lowest BCUT2D eigenvalue weighted by Gasteiger charge is -2.15. The summed E-state index contributed by atoms with van der Waals surface area (Å²) in [6.45, 7) is 3.97. The molecule has 0 amide bonds. The smallest absolute Gasteiger partial charge is 0.281 e. The zero-order valence-electron chi connectivity index (χ0n) is 17.8. The van der Waals surface area contributed by atoms with Gasteiger partial charge in [-0.25, -0.2) is 0 Å². The second-order valence-electron chi connectivity index (χ2n) is 8.08. The number of ether oxygens (including phenoxy) is 1. The Balaban J connectivity index is 1.21. The van der Waals surface area contributed by atoms with E-state index in [2.05, 4.69) is 26.4 Å². The number of allylic oxidation sites excluding steroid dienone is 1. The molecule has 1 aliphatic carbocycles. The predicted octanol–water partition coefficient (Wildman–Crippen LogP) is 3.34. The van der Waals surface area contributed by atoms with Gasteiger partial charge in [0.25, 0.3) is 5.91 Å². The minimum Gasteiger partial charge on any atom is -0.492 e. The number of rotatable bonds is 7. The average molecular weight is 431 g/mol. The van der Waals surface area contributed by atoms with Gasteiger partial charge in [0.15, 0.2) is 0 Å². The van der Waals surface area contributed by atoms with Gasteiger partial charge in [0.05, 0.1) is 0 Å². The van der Waals surface area contributed by atoms with Crippen LogP contribution in [-0.4, -0.2) is 51.8 Å². The van der Waals surface area contributed by atoms with Crippen molar-refractivity contribution in [1.29, 1.82) is 0 Å². The molecule has 164 valence electrons. The molecule has 32 heavy (non-hydrogen) atoms. The summed E-state index contributed by atoms with van der Waals surface area (Å²) in [4.78, 5) is 19.5. The van der Waals surface area contributed by atoms with E-state index >= 15 is 0 Å². The fourth-order valence-corrected chi connectivity index (χ4v) is 4.09. The highest BCUT2D eigenvalue weighted by Crippen LogP contribution is 2.23. The van der Waals surface area contributed by atoms with Crippen LogP contribution in [-0.2, 0) is 6.42 Å². The molecule has 5 rings (SSSR count). The molecule has 1 saturated heterocycles. The molecule has 0 spiro atoms. The third-order valence-corrected chi connectivity index (χ3v) is 5.84. The number of carbonyl (C=O) groups is 1. The monoisotopic (exact) mass is 430 g/mol. The van der Waals surface area contributed by atoms with Crippen LogP contribution in [0.4, 0.5) is 17.6 Å². The number of hydrogen-bond acceptors (Lipinski definition) is 7. The summed E-state index contributed by atoms with van der Waals surface area (Å²) in [7, 11) is 0. The Hall–Kier alpha value is -3.65. The number of benzene rings is 2. The molecule has 8 nitrogen and oxygen atoms in total. The number of likely N-dealkylation sites (tertiary alicyclic amines) is 1. The first-order valence-electron chi connectivity index (χ1n) is 10.9. The molecule has 0 bridgehead atoms. The van der Waals surface area contributed by atoms with Crippen LogP contribution < -0.4 is 15.8 Å². The van der Waals surface area contributed by atoms with Crippen molar-refractivity contribution in [2.75, 3.05) is 37.3 Å². The van der Waals surface area contributed by atoms with Crippen molar-refractivity contribution < 1.29 is 9.53 Å². The summed E-state index contributed by atoms with van der Waals surface area (Å²) in [6, 6.07) is 13.2. The summed E-state index contributed by atoms with van der Waals surface area (Å²) in [5.74, 6) is 0.802. The summed E-state index contributed by atoms with van der Waals surface area (Å²) in [6.07, 6.45) is 7.56. The number of anilines is 3. The van der Waals surface area contributed by atoms with Crippen molar-refractivity contribution in [3.63, 3.8) is 0 Å². The van der Waals surface area contributed by atoms with Crippen molar-refractivity contribution in [2.45, 2.75) is 19.3 Å². The second kappa shape index (κ2) is 8.84. The van der Waals surface area contributed by atoms with E-state index in [0.717, 1.165) is 34.6 Å². The molecule has 8 heteroatoms. The fraction of sp³-hybridized carbons (Fsp3) is 0.292. The van der Waals surface area contributed by atoms with E-state index in [9.17, 15) is 4.79 Å². The Labute approximate surface area is 186 Å². The summed E-state index contributed by atoms with van der Waals surface area (Å²) >= 11 is 0. The summed E-state index contributed by atoms with van der Waals surface area (Å²) in [5, 5.41) is 7.35. The van der Waals surface area contributed by atoms with Crippen LogP contribution >= 0.6 is 0 Å².